The van der Waals surface area contributed by atoms with E-state index in [1.807, 2.05) is 0 Å². The number of nitro groups is 1. The van der Waals surface area contributed by atoms with Gasteiger partial charge >= 0.3 is 0 Å². The van der Waals surface area contributed by atoms with E-state index in [4.69, 9.17) is 4.74 Å². The van der Waals surface area contributed by atoms with Crippen molar-refractivity contribution in [3.63, 3.8) is 0 Å². The maximum absolute atomic E-state index is 11.4. The van der Waals surface area contributed by atoms with Gasteiger partial charge in [-0.3, -0.25) is 14.9 Å². The zero-order valence-electron chi connectivity index (χ0n) is 10.4. The summed E-state index contributed by atoms with van der Waals surface area (Å²) in [6.45, 7) is 1.62. The van der Waals surface area contributed by atoms with Gasteiger partial charge in [-0.15, -0.1) is 0 Å². The molecule has 98 valence electrons. The number of benzene rings is 1. The lowest BCUT2D eigenvalue weighted by Crippen LogP contribution is -2.35. The van der Waals surface area contributed by atoms with Gasteiger partial charge in [-0.1, -0.05) is 0 Å². The molecule has 1 rings (SSSR count). The van der Waals surface area contributed by atoms with Crippen LogP contribution in [0, 0.1) is 10.1 Å². The number of amides is 1. The van der Waals surface area contributed by atoms with Gasteiger partial charge < -0.3 is 15.4 Å². The average Bonchev–Trinajstić information content (AvgIpc) is 2.37. The number of nitro benzene ring substituents is 1. The second-order valence-corrected chi connectivity index (χ2v) is 3.62. The van der Waals surface area contributed by atoms with Gasteiger partial charge in [0.25, 0.3) is 5.69 Å². The lowest BCUT2D eigenvalue weighted by atomic mass is 10.2. The van der Waals surface area contributed by atoms with Gasteiger partial charge in [-0.25, -0.2) is 0 Å². The van der Waals surface area contributed by atoms with Crippen LogP contribution in [0.3, 0.4) is 0 Å². The van der Waals surface area contributed by atoms with Gasteiger partial charge in [0, 0.05) is 7.05 Å². The zero-order valence-corrected chi connectivity index (χ0v) is 10.4. The highest BCUT2D eigenvalue weighted by molar-refractivity contribution is 5.84. The smallest absolute Gasteiger partial charge is 0.296 e. The maximum Gasteiger partial charge on any atom is 0.296 e. The summed E-state index contributed by atoms with van der Waals surface area (Å²) in [5, 5.41) is 16.2. The van der Waals surface area contributed by atoms with E-state index in [2.05, 4.69) is 10.6 Å². The minimum Gasteiger partial charge on any atom is -0.496 e. The summed E-state index contributed by atoms with van der Waals surface area (Å²) in [4.78, 5) is 21.7. The monoisotopic (exact) mass is 253 g/mol. The number of anilines is 1. The highest BCUT2D eigenvalue weighted by atomic mass is 16.6. The Morgan fingerprint density at radius 1 is 1.50 bits per heavy atom. The third-order valence-corrected chi connectivity index (χ3v) is 2.41. The molecule has 0 spiro atoms. The van der Waals surface area contributed by atoms with Crippen LogP contribution in [-0.2, 0) is 4.79 Å². The topological polar surface area (TPSA) is 93.5 Å². The largest absolute Gasteiger partial charge is 0.496 e. The summed E-state index contributed by atoms with van der Waals surface area (Å²) in [6, 6.07) is 3.84. The van der Waals surface area contributed by atoms with E-state index >= 15 is 0 Å². The SMILES string of the molecule is CNC(=O)C(C)Nc1ccc(OC)cc1[N+](=O)[O-]. The number of likely N-dealkylation sites (N-methyl/N-ethyl adjacent to an activating group) is 1. The number of hydrogen-bond donors (Lipinski definition) is 2. The molecule has 0 fully saturated rings. The molecule has 1 aromatic rings. The number of hydrogen-bond acceptors (Lipinski definition) is 5. The Labute approximate surface area is 104 Å². The van der Waals surface area contributed by atoms with Crippen molar-refractivity contribution in [2.24, 2.45) is 0 Å². The van der Waals surface area contributed by atoms with Crippen molar-refractivity contribution in [2.45, 2.75) is 13.0 Å². The molecule has 1 unspecified atom stereocenters. The van der Waals surface area contributed by atoms with Gasteiger partial charge in [0.2, 0.25) is 5.91 Å². The molecule has 1 atom stereocenters. The molecule has 7 nitrogen and oxygen atoms in total. The number of rotatable bonds is 5. The van der Waals surface area contributed by atoms with Crippen molar-refractivity contribution in [2.75, 3.05) is 19.5 Å². The summed E-state index contributed by atoms with van der Waals surface area (Å²) < 4.78 is 4.92. The molecule has 0 radical (unpaired) electrons. The van der Waals surface area contributed by atoms with E-state index in [1.54, 1.807) is 13.0 Å². The first-order chi connectivity index (χ1) is 8.49. The first-order valence-electron chi connectivity index (χ1n) is 5.30. The fourth-order valence-corrected chi connectivity index (χ4v) is 1.43. The third-order valence-electron chi connectivity index (χ3n) is 2.41. The van der Waals surface area contributed by atoms with Crippen LogP contribution < -0.4 is 15.4 Å². The van der Waals surface area contributed by atoms with Crippen molar-refractivity contribution >= 4 is 17.3 Å². The Balaban J connectivity index is 3.01. The van der Waals surface area contributed by atoms with Gasteiger partial charge in [-0.05, 0) is 19.1 Å². The van der Waals surface area contributed by atoms with Crippen LogP contribution in [0.25, 0.3) is 0 Å². The van der Waals surface area contributed by atoms with Gasteiger partial charge in [0.05, 0.1) is 18.1 Å². The molecule has 1 amide bonds. The quantitative estimate of drug-likeness (QED) is 0.606. The van der Waals surface area contributed by atoms with E-state index in [0.29, 0.717) is 5.75 Å². The fourth-order valence-electron chi connectivity index (χ4n) is 1.43. The molecular weight excluding hydrogens is 238 g/mol. The summed E-state index contributed by atoms with van der Waals surface area (Å²) in [5.74, 6) is 0.139. The Hall–Kier alpha value is -2.31. The second-order valence-electron chi connectivity index (χ2n) is 3.62. The van der Waals surface area contributed by atoms with E-state index in [1.165, 1.54) is 26.3 Å². The lowest BCUT2D eigenvalue weighted by Gasteiger charge is -2.14. The van der Waals surface area contributed by atoms with Crippen molar-refractivity contribution in [3.8, 4) is 5.75 Å². The Morgan fingerprint density at radius 2 is 2.17 bits per heavy atom. The second kappa shape index (κ2) is 5.85. The van der Waals surface area contributed by atoms with Crippen LogP contribution in [-0.4, -0.2) is 31.0 Å². The maximum atomic E-state index is 11.4. The minimum atomic E-state index is -0.568. The molecule has 0 aliphatic rings. The molecule has 18 heavy (non-hydrogen) atoms. The van der Waals surface area contributed by atoms with Crippen molar-refractivity contribution in [1.82, 2.24) is 5.32 Å². The molecular formula is C11H15N3O4. The Bertz CT molecular complexity index is 462. The van der Waals surface area contributed by atoms with Gasteiger partial charge in [-0.2, -0.15) is 0 Å². The summed E-state index contributed by atoms with van der Waals surface area (Å²) >= 11 is 0. The fraction of sp³-hybridized carbons (Fsp3) is 0.364. The number of nitrogens with zero attached hydrogens (tertiary/aromatic N) is 1. The molecule has 0 aliphatic heterocycles. The predicted molar refractivity (Wildman–Crippen MR) is 66.8 cm³/mol. The molecule has 7 heteroatoms. The van der Waals surface area contributed by atoms with Crippen LogP contribution in [0.5, 0.6) is 5.75 Å². The predicted octanol–water partition coefficient (Wildman–Crippen LogP) is 1.15. The number of ether oxygens (including phenoxy) is 1. The molecule has 0 bridgehead atoms. The summed E-state index contributed by atoms with van der Waals surface area (Å²) in [5.41, 5.74) is 0.141. The standard InChI is InChI=1S/C11H15N3O4/c1-7(11(15)12-2)13-9-5-4-8(18-3)6-10(9)14(16)17/h4-7,13H,1-3H3,(H,12,15). The van der Waals surface area contributed by atoms with Crippen LogP contribution in [0.1, 0.15) is 6.92 Å². The number of carbonyl (C=O) groups excluding carboxylic acids is 1. The van der Waals surface area contributed by atoms with Gasteiger partial charge in [0.15, 0.2) is 0 Å². The normalized spacial score (nSPS) is 11.5. The molecule has 0 saturated heterocycles. The number of methoxy groups -OCH3 is 1. The summed E-state index contributed by atoms with van der Waals surface area (Å²) in [6.07, 6.45) is 0. The first-order valence-corrected chi connectivity index (χ1v) is 5.30. The third kappa shape index (κ3) is 3.09. The van der Waals surface area contributed by atoms with Crippen molar-refractivity contribution in [3.05, 3.63) is 28.3 Å². The van der Waals surface area contributed by atoms with Crippen LogP contribution >= 0.6 is 0 Å². The van der Waals surface area contributed by atoms with E-state index in [9.17, 15) is 14.9 Å². The highest BCUT2D eigenvalue weighted by Gasteiger charge is 2.19. The molecule has 0 aliphatic carbocycles. The average molecular weight is 253 g/mol. The van der Waals surface area contributed by atoms with E-state index < -0.39 is 11.0 Å². The van der Waals surface area contributed by atoms with Crippen molar-refractivity contribution < 1.29 is 14.5 Å². The van der Waals surface area contributed by atoms with Crippen molar-refractivity contribution in [1.29, 1.82) is 0 Å². The molecule has 0 aromatic heterocycles. The minimum absolute atomic E-state index is 0.134. The zero-order chi connectivity index (χ0) is 13.7. The van der Waals surface area contributed by atoms with E-state index in [-0.39, 0.29) is 17.3 Å². The van der Waals surface area contributed by atoms with Crippen LogP contribution in [0.2, 0.25) is 0 Å². The van der Waals surface area contributed by atoms with Crippen LogP contribution in [0.4, 0.5) is 11.4 Å². The highest BCUT2D eigenvalue weighted by Crippen LogP contribution is 2.29. The lowest BCUT2D eigenvalue weighted by molar-refractivity contribution is -0.384. The van der Waals surface area contributed by atoms with E-state index in [0.717, 1.165) is 0 Å². The number of carbonyl (C=O) groups is 1. The Morgan fingerprint density at radius 3 is 2.67 bits per heavy atom. The molecule has 0 saturated carbocycles. The van der Waals surface area contributed by atoms with Gasteiger partial charge in [0.1, 0.15) is 17.5 Å². The molecule has 1 aromatic carbocycles. The first kappa shape index (κ1) is 13.8. The summed E-state index contributed by atoms with van der Waals surface area (Å²) in [7, 11) is 2.93. The number of nitrogens with one attached hydrogen (secondary N) is 2. The Kier molecular flexibility index (Phi) is 4.47. The molecule has 2 N–H and O–H groups in total. The van der Waals surface area contributed by atoms with Crippen LogP contribution in [0.15, 0.2) is 18.2 Å². The molecule has 0 heterocycles.